The molecule has 32 heavy (non-hydrogen) atoms. The molecule has 0 fully saturated rings. The van der Waals surface area contributed by atoms with Crippen molar-refractivity contribution >= 4 is 11.8 Å². The van der Waals surface area contributed by atoms with E-state index in [0.717, 1.165) is 6.07 Å². The molecule has 2 amide bonds. The molecule has 0 radical (unpaired) electrons. The number of alkyl halides is 3. The fourth-order valence-corrected chi connectivity index (χ4v) is 2.71. The van der Waals surface area contributed by atoms with E-state index in [2.05, 4.69) is 10.6 Å². The summed E-state index contributed by atoms with van der Waals surface area (Å²) in [7, 11) is 1.31. The van der Waals surface area contributed by atoms with Crippen molar-refractivity contribution in [1.82, 2.24) is 10.6 Å². The number of hydrogen-bond donors (Lipinski definition) is 2. The topological polar surface area (TPSA) is 76.7 Å². The van der Waals surface area contributed by atoms with E-state index in [-0.39, 0.29) is 42.5 Å². The predicted octanol–water partition coefficient (Wildman–Crippen LogP) is 3.56. The third kappa shape index (κ3) is 8.09. The second-order valence-electron chi connectivity index (χ2n) is 6.96. The Morgan fingerprint density at radius 2 is 1.72 bits per heavy atom. The molecule has 2 rings (SSSR count). The lowest BCUT2D eigenvalue weighted by Gasteiger charge is -2.13. The number of rotatable bonds is 10. The monoisotopic (exact) mass is 456 g/mol. The minimum Gasteiger partial charge on any atom is -0.493 e. The molecular weight excluding hydrogens is 432 g/mol. The molecule has 0 aliphatic carbocycles. The summed E-state index contributed by atoms with van der Waals surface area (Å²) >= 11 is 0. The number of nitrogens with one attached hydrogen (secondary N) is 2. The van der Waals surface area contributed by atoms with Gasteiger partial charge in [0.25, 0.3) is 5.91 Å². The molecule has 0 bridgehead atoms. The summed E-state index contributed by atoms with van der Waals surface area (Å²) < 4.78 is 60.2. The van der Waals surface area contributed by atoms with Crippen molar-refractivity contribution in [3.63, 3.8) is 0 Å². The first-order valence-electron chi connectivity index (χ1n) is 9.76. The minimum absolute atomic E-state index is 0.0396. The molecule has 10 heteroatoms. The molecule has 0 heterocycles. The quantitative estimate of drug-likeness (QED) is 0.424. The smallest absolute Gasteiger partial charge is 0.422 e. The summed E-state index contributed by atoms with van der Waals surface area (Å²) in [6.45, 7) is 0.519. The molecule has 174 valence electrons. The van der Waals surface area contributed by atoms with Gasteiger partial charge in [0.1, 0.15) is 5.82 Å². The fraction of sp³-hybridized carbons (Fsp3) is 0.364. The zero-order valence-corrected chi connectivity index (χ0v) is 17.6. The first-order valence-corrected chi connectivity index (χ1v) is 9.76. The largest absolute Gasteiger partial charge is 0.493 e. The Hall–Kier alpha value is -3.30. The molecule has 2 aromatic rings. The summed E-state index contributed by atoms with van der Waals surface area (Å²) in [6, 6.07) is 8.61. The van der Waals surface area contributed by atoms with Crippen LogP contribution < -0.4 is 20.1 Å². The van der Waals surface area contributed by atoms with Gasteiger partial charge in [-0.05, 0) is 48.7 Å². The molecule has 0 spiro atoms. The van der Waals surface area contributed by atoms with Crippen molar-refractivity contribution in [2.24, 2.45) is 0 Å². The standard InChI is InChI=1S/C22H24F4N2O4/c1-14-3-6-16(12-17(14)23)21(30)28-10-9-27-20(29)8-5-15-4-7-18(19(11-15)31-2)32-13-22(24,25)26/h3-4,6-7,11-12H,5,8-10,13H2,1-2H3,(H,27,29)(H,28,30). The van der Waals surface area contributed by atoms with Crippen LogP contribution in [0.3, 0.4) is 0 Å². The van der Waals surface area contributed by atoms with Gasteiger partial charge in [0.2, 0.25) is 5.91 Å². The summed E-state index contributed by atoms with van der Waals surface area (Å²) in [6.07, 6.45) is -4.00. The van der Waals surface area contributed by atoms with Crippen LogP contribution >= 0.6 is 0 Å². The maximum atomic E-state index is 13.5. The van der Waals surface area contributed by atoms with Crippen LogP contribution in [0, 0.1) is 12.7 Å². The lowest BCUT2D eigenvalue weighted by Crippen LogP contribution is -2.34. The molecular formula is C22H24F4N2O4. The molecule has 2 N–H and O–H groups in total. The number of ether oxygens (including phenoxy) is 2. The van der Waals surface area contributed by atoms with Crippen molar-refractivity contribution < 1.29 is 36.6 Å². The van der Waals surface area contributed by atoms with Crippen molar-refractivity contribution in [3.8, 4) is 11.5 Å². The molecule has 0 saturated heterocycles. The molecule has 2 aromatic carbocycles. The molecule has 0 aliphatic heterocycles. The third-order valence-electron chi connectivity index (χ3n) is 4.43. The Morgan fingerprint density at radius 3 is 2.38 bits per heavy atom. The van der Waals surface area contributed by atoms with E-state index in [1.807, 2.05) is 0 Å². The van der Waals surface area contributed by atoms with Gasteiger partial charge in [-0.25, -0.2) is 4.39 Å². The van der Waals surface area contributed by atoms with Crippen LogP contribution in [0.4, 0.5) is 17.6 Å². The Labute approximate surface area is 182 Å². The van der Waals surface area contributed by atoms with Crippen molar-refractivity contribution in [1.29, 1.82) is 0 Å². The Bertz CT molecular complexity index is 948. The van der Waals surface area contributed by atoms with Crippen molar-refractivity contribution in [2.75, 3.05) is 26.8 Å². The first-order chi connectivity index (χ1) is 15.1. The second-order valence-corrected chi connectivity index (χ2v) is 6.96. The summed E-state index contributed by atoms with van der Waals surface area (Å²) in [5.74, 6) is -1.08. The normalized spacial score (nSPS) is 11.1. The molecule has 0 unspecified atom stereocenters. The number of carbonyl (C=O) groups is 2. The van der Waals surface area contributed by atoms with E-state index in [0.29, 0.717) is 17.5 Å². The van der Waals surface area contributed by atoms with Crippen molar-refractivity contribution in [2.45, 2.75) is 25.9 Å². The predicted molar refractivity (Wildman–Crippen MR) is 109 cm³/mol. The van der Waals surface area contributed by atoms with Gasteiger partial charge in [-0.15, -0.1) is 0 Å². The second kappa shape index (κ2) is 11.4. The van der Waals surface area contributed by atoms with Gasteiger partial charge in [0, 0.05) is 25.1 Å². The summed E-state index contributed by atoms with van der Waals surface area (Å²) in [5, 5.41) is 5.24. The summed E-state index contributed by atoms with van der Waals surface area (Å²) in [5.41, 5.74) is 1.32. The van der Waals surface area contributed by atoms with Gasteiger partial charge >= 0.3 is 6.18 Å². The van der Waals surface area contributed by atoms with Crippen LogP contribution in [0.25, 0.3) is 0 Å². The molecule has 0 aromatic heterocycles. The third-order valence-corrected chi connectivity index (χ3v) is 4.43. The lowest BCUT2D eigenvalue weighted by atomic mass is 10.1. The Morgan fingerprint density at radius 1 is 1.00 bits per heavy atom. The number of aryl methyl sites for hydroxylation is 2. The van der Waals surface area contributed by atoms with Crippen LogP contribution in [-0.4, -0.2) is 44.8 Å². The van der Waals surface area contributed by atoms with Gasteiger partial charge < -0.3 is 20.1 Å². The lowest BCUT2D eigenvalue weighted by molar-refractivity contribution is -0.153. The summed E-state index contributed by atoms with van der Waals surface area (Å²) in [4.78, 5) is 24.0. The maximum Gasteiger partial charge on any atom is 0.422 e. The zero-order chi connectivity index (χ0) is 23.7. The number of methoxy groups -OCH3 is 1. The van der Waals surface area contributed by atoms with Gasteiger partial charge in [-0.2, -0.15) is 13.2 Å². The van der Waals surface area contributed by atoms with Gasteiger partial charge in [0.05, 0.1) is 7.11 Å². The van der Waals surface area contributed by atoms with E-state index in [1.165, 1.54) is 31.4 Å². The zero-order valence-electron chi connectivity index (χ0n) is 17.6. The van der Waals surface area contributed by atoms with Gasteiger partial charge in [0.15, 0.2) is 18.1 Å². The average Bonchev–Trinajstić information content (AvgIpc) is 2.75. The van der Waals surface area contributed by atoms with Gasteiger partial charge in [-0.1, -0.05) is 12.1 Å². The molecule has 0 aliphatic rings. The molecule has 0 atom stereocenters. The number of carbonyl (C=O) groups excluding carboxylic acids is 2. The van der Waals surface area contributed by atoms with Gasteiger partial charge in [-0.3, -0.25) is 9.59 Å². The van der Waals surface area contributed by atoms with E-state index >= 15 is 0 Å². The van der Waals surface area contributed by atoms with E-state index in [4.69, 9.17) is 9.47 Å². The minimum atomic E-state index is -4.46. The maximum absolute atomic E-state index is 13.5. The fourth-order valence-electron chi connectivity index (χ4n) is 2.71. The number of amides is 2. The SMILES string of the molecule is COc1cc(CCC(=O)NCCNC(=O)c2ccc(C)c(F)c2)ccc1OCC(F)(F)F. The number of halogens is 4. The van der Waals surface area contributed by atoms with E-state index in [1.54, 1.807) is 13.0 Å². The first kappa shape index (κ1) is 25.0. The highest BCUT2D eigenvalue weighted by Gasteiger charge is 2.29. The highest BCUT2D eigenvalue weighted by atomic mass is 19.4. The number of hydrogen-bond acceptors (Lipinski definition) is 4. The van der Waals surface area contributed by atoms with Crippen LogP contribution in [0.1, 0.15) is 27.9 Å². The number of benzene rings is 2. The molecule has 0 saturated carbocycles. The molecule has 6 nitrogen and oxygen atoms in total. The Balaban J connectivity index is 1.74. The highest BCUT2D eigenvalue weighted by molar-refractivity contribution is 5.94. The van der Waals surface area contributed by atoms with Crippen LogP contribution in [0.2, 0.25) is 0 Å². The average molecular weight is 456 g/mol. The van der Waals surface area contributed by atoms with E-state index in [9.17, 15) is 27.2 Å². The highest BCUT2D eigenvalue weighted by Crippen LogP contribution is 2.30. The van der Waals surface area contributed by atoms with Crippen LogP contribution in [-0.2, 0) is 11.2 Å². The van der Waals surface area contributed by atoms with Crippen molar-refractivity contribution in [3.05, 3.63) is 58.9 Å². The van der Waals surface area contributed by atoms with Crippen LogP contribution in [0.5, 0.6) is 11.5 Å². The Kier molecular flexibility index (Phi) is 8.86. The van der Waals surface area contributed by atoms with Crippen LogP contribution in [0.15, 0.2) is 36.4 Å². The van der Waals surface area contributed by atoms with E-state index < -0.39 is 24.5 Å².